The van der Waals surface area contributed by atoms with E-state index in [1.54, 1.807) is 28.7 Å². The maximum absolute atomic E-state index is 13.0. The van der Waals surface area contributed by atoms with E-state index >= 15 is 0 Å². The van der Waals surface area contributed by atoms with Gasteiger partial charge in [-0.25, -0.2) is 8.42 Å². The summed E-state index contributed by atoms with van der Waals surface area (Å²) in [7, 11) is -3.92. The molecule has 2 amide bonds. The molecule has 10 nitrogen and oxygen atoms in total. The Balaban J connectivity index is 1.55. The number of nitrogens with zero attached hydrogens (tertiary/aromatic N) is 3. The number of carbonyl (C=O) groups is 2. The molecule has 12 heteroatoms. The van der Waals surface area contributed by atoms with Crippen molar-refractivity contribution in [1.29, 1.82) is 0 Å². The molecular formula is C19H22N4O6S2. The third kappa shape index (κ3) is 5.27. The van der Waals surface area contributed by atoms with Crippen LogP contribution in [-0.4, -0.2) is 67.1 Å². The Labute approximate surface area is 183 Å². The van der Waals surface area contributed by atoms with Crippen LogP contribution in [0.4, 0.5) is 5.69 Å². The molecule has 0 atom stereocenters. The Morgan fingerprint density at radius 2 is 1.90 bits per heavy atom. The van der Waals surface area contributed by atoms with Crippen molar-refractivity contribution < 1.29 is 22.9 Å². The minimum Gasteiger partial charge on any atom is -0.351 e. The molecule has 0 bridgehead atoms. The highest BCUT2D eigenvalue weighted by Gasteiger charge is 2.32. The van der Waals surface area contributed by atoms with Gasteiger partial charge in [-0.15, -0.1) is 0 Å². The first kappa shape index (κ1) is 22.8. The third-order valence-electron chi connectivity index (χ3n) is 5.00. The summed E-state index contributed by atoms with van der Waals surface area (Å²) >= 11 is 1.41. The van der Waals surface area contributed by atoms with Gasteiger partial charge in [-0.1, -0.05) is 6.07 Å². The molecule has 0 spiro atoms. The lowest BCUT2D eigenvalue weighted by molar-refractivity contribution is -0.385. The van der Waals surface area contributed by atoms with E-state index in [-0.39, 0.29) is 61.5 Å². The molecule has 0 aliphatic carbocycles. The Hall–Kier alpha value is -2.83. The first-order valence-corrected chi connectivity index (χ1v) is 11.9. The van der Waals surface area contributed by atoms with Gasteiger partial charge < -0.3 is 10.2 Å². The van der Waals surface area contributed by atoms with Gasteiger partial charge in [0.05, 0.1) is 9.82 Å². The number of amides is 2. The number of carbonyl (C=O) groups excluding carboxylic acids is 2. The summed E-state index contributed by atoms with van der Waals surface area (Å²) in [5, 5.41) is 17.2. The lowest BCUT2D eigenvalue weighted by Crippen LogP contribution is -2.51. The van der Waals surface area contributed by atoms with E-state index in [0.29, 0.717) is 11.1 Å². The Morgan fingerprint density at radius 1 is 1.19 bits per heavy atom. The summed E-state index contributed by atoms with van der Waals surface area (Å²) in [5.74, 6) is -0.411. The molecule has 3 rings (SSSR count). The predicted octanol–water partition coefficient (Wildman–Crippen LogP) is 1.62. The van der Waals surface area contributed by atoms with Crippen LogP contribution in [0.15, 0.2) is 39.9 Å². The van der Waals surface area contributed by atoms with Crippen LogP contribution in [0, 0.1) is 17.0 Å². The summed E-state index contributed by atoms with van der Waals surface area (Å²) < 4.78 is 27.2. The van der Waals surface area contributed by atoms with Crippen molar-refractivity contribution in [2.24, 2.45) is 0 Å². The number of thiophene rings is 1. The molecule has 1 fully saturated rings. The van der Waals surface area contributed by atoms with Gasteiger partial charge >= 0.3 is 0 Å². The highest BCUT2D eigenvalue weighted by molar-refractivity contribution is 7.89. The van der Waals surface area contributed by atoms with Crippen LogP contribution in [0.1, 0.15) is 22.3 Å². The normalized spacial score (nSPS) is 14.9. The second kappa shape index (κ2) is 9.54. The number of nitro groups is 1. The molecule has 2 heterocycles. The number of piperazine rings is 1. The molecule has 1 aromatic carbocycles. The second-order valence-electron chi connectivity index (χ2n) is 7.01. The lowest BCUT2D eigenvalue weighted by Gasteiger charge is -2.34. The second-order valence-corrected chi connectivity index (χ2v) is 9.70. The van der Waals surface area contributed by atoms with Crippen molar-refractivity contribution in [1.82, 2.24) is 14.5 Å². The van der Waals surface area contributed by atoms with Crippen molar-refractivity contribution >= 4 is 38.9 Å². The van der Waals surface area contributed by atoms with Crippen LogP contribution in [-0.2, 0) is 14.8 Å². The van der Waals surface area contributed by atoms with Crippen LogP contribution >= 0.6 is 11.3 Å². The summed E-state index contributed by atoms with van der Waals surface area (Å²) in [5.41, 5.74) is 0.681. The van der Waals surface area contributed by atoms with E-state index < -0.39 is 14.9 Å². The zero-order valence-electron chi connectivity index (χ0n) is 16.8. The number of aryl methyl sites for hydroxylation is 1. The molecule has 0 radical (unpaired) electrons. The van der Waals surface area contributed by atoms with E-state index in [1.165, 1.54) is 27.8 Å². The fourth-order valence-corrected chi connectivity index (χ4v) is 5.54. The molecule has 1 saturated heterocycles. The van der Waals surface area contributed by atoms with Crippen molar-refractivity contribution in [3.05, 3.63) is 56.3 Å². The minimum absolute atomic E-state index is 0.0947. The zero-order chi connectivity index (χ0) is 22.6. The van der Waals surface area contributed by atoms with Crippen molar-refractivity contribution in [3.8, 4) is 0 Å². The Morgan fingerprint density at radius 3 is 2.52 bits per heavy atom. The number of hydrogen-bond acceptors (Lipinski definition) is 7. The molecule has 2 aromatic rings. The monoisotopic (exact) mass is 466 g/mol. The third-order valence-corrected chi connectivity index (χ3v) is 7.72. The van der Waals surface area contributed by atoms with E-state index in [0.717, 1.165) is 6.07 Å². The maximum atomic E-state index is 13.0. The number of benzene rings is 1. The fraction of sp³-hybridized carbons (Fsp3) is 0.368. The van der Waals surface area contributed by atoms with E-state index in [2.05, 4.69) is 5.32 Å². The number of nitrogens with one attached hydrogen (secondary N) is 1. The van der Waals surface area contributed by atoms with Gasteiger partial charge in [0.25, 0.3) is 11.6 Å². The van der Waals surface area contributed by atoms with Crippen LogP contribution in [0.3, 0.4) is 0 Å². The van der Waals surface area contributed by atoms with Crippen LogP contribution in [0.5, 0.6) is 0 Å². The molecule has 166 valence electrons. The van der Waals surface area contributed by atoms with Crippen molar-refractivity contribution in [2.45, 2.75) is 18.2 Å². The lowest BCUT2D eigenvalue weighted by atomic mass is 10.2. The zero-order valence-corrected chi connectivity index (χ0v) is 18.4. The highest BCUT2D eigenvalue weighted by Crippen LogP contribution is 2.25. The summed E-state index contributed by atoms with van der Waals surface area (Å²) in [6.07, 6.45) is 0.118. The number of non-ortho nitro benzene ring substituents is 1. The maximum Gasteiger partial charge on any atom is 0.270 e. The number of hydrogen-bond donors (Lipinski definition) is 1. The van der Waals surface area contributed by atoms with Crippen LogP contribution < -0.4 is 5.32 Å². The highest BCUT2D eigenvalue weighted by atomic mass is 32.2. The molecular weight excluding hydrogens is 444 g/mol. The first-order chi connectivity index (χ1) is 14.7. The Bertz CT molecular complexity index is 1080. The molecule has 31 heavy (non-hydrogen) atoms. The van der Waals surface area contributed by atoms with Gasteiger partial charge in [-0.3, -0.25) is 19.7 Å². The number of sulfonamides is 1. The Kier molecular flexibility index (Phi) is 7.03. The summed E-state index contributed by atoms with van der Waals surface area (Å²) in [4.78, 5) is 36.1. The van der Waals surface area contributed by atoms with Gasteiger partial charge in [-0.2, -0.15) is 15.6 Å². The van der Waals surface area contributed by atoms with Gasteiger partial charge in [-0.05, 0) is 23.9 Å². The number of nitro benzene ring substituents is 1. The molecule has 1 N–H and O–H groups in total. The number of rotatable bonds is 7. The van der Waals surface area contributed by atoms with Crippen LogP contribution in [0.25, 0.3) is 0 Å². The van der Waals surface area contributed by atoms with Crippen LogP contribution in [0.2, 0.25) is 0 Å². The molecule has 1 aliphatic heterocycles. The minimum atomic E-state index is -3.92. The van der Waals surface area contributed by atoms with E-state index in [4.69, 9.17) is 0 Å². The standard InChI is InChI=1S/C19H22N4O6S2/c1-14-2-3-16(23(26)27)12-17(14)31(28,29)22-9-7-21(8-10-22)18(24)4-6-20-19(25)15-5-11-30-13-15/h2-3,5,11-13H,4,6-10H2,1H3,(H,20,25). The quantitative estimate of drug-likeness (QED) is 0.487. The SMILES string of the molecule is Cc1ccc([N+](=O)[O-])cc1S(=O)(=O)N1CCN(C(=O)CCNC(=O)c2ccsc2)CC1. The molecule has 1 aliphatic rings. The fourth-order valence-electron chi connectivity index (χ4n) is 3.23. The van der Waals surface area contributed by atoms with Gasteiger partial charge in [0.15, 0.2) is 0 Å². The van der Waals surface area contributed by atoms with Gasteiger partial charge in [0.1, 0.15) is 0 Å². The van der Waals surface area contributed by atoms with Gasteiger partial charge in [0.2, 0.25) is 15.9 Å². The average molecular weight is 467 g/mol. The molecule has 1 aromatic heterocycles. The van der Waals surface area contributed by atoms with Gasteiger partial charge in [0, 0.05) is 62.2 Å². The van der Waals surface area contributed by atoms with Crippen molar-refractivity contribution in [2.75, 3.05) is 32.7 Å². The topological polar surface area (TPSA) is 130 Å². The summed E-state index contributed by atoms with van der Waals surface area (Å²) in [6, 6.07) is 5.44. The predicted molar refractivity (Wildman–Crippen MR) is 114 cm³/mol. The summed E-state index contributed by atoms with van der Waals surface area (Å²) in [6.45, 7) is 2.39. The first-order valence-electron chi connectivity index (χ1n) is 9.53. The average Bonchev–Trinajstić information content (AvgIpc) is 3.28. The molecule has 0 unspecified atom stereocenters. The van der Waals surface area contributed by atoms with Crippen molar-refractivity contribution in [3.63, 3.8) is 0 Å². The van der Waals surface area contributed by atoms with E-state index in [1.807, 2.05) is 0 Å². The van der Waals surface area contributed by atoms with E-state index in [9.17, 15) is 28.1 Å². The largest absolute Gasteiger partial charge is 0.351 e. The smallest absolute Gasteiger partial charge is 0.270 e. The molecule has 0 saturated carbocycles.